The fraction of sp³-hybridized carbons (Fsp3) is 0.167. The van der Waals surface area contributed by atoms with E-state index < -0.39 is 11.9 Å². The minimum atomic E-state index is -0.489. The predicted octanol–water partition coefficient (Wildman–Crippen LogP) is 5.46. The number of benzene rings is 2. The van der Waals surface area contributed by atoms with Gasteiger partial charge in [0.1, 0.15) is 5.70 Å². The van der Waals surface area contributed by atoms with E-state index in [-0.39, 0.29) is 5.70 Å². The number of carbonyl (C=O) groups excluding carboxylic acids is 2. The van der Waals surface area contributed by atoms with E-state index in [1.807, 2.05) is 19.9 Å². The number of urea groups is 1. The molecule has 3 amide bonds. The molecule has 0 unspecified atom stereocenters. The number of aryl methyl sites for hydroxylation is 3. The van der Waals surface area contributed by atoms with Crippen molar-refractivity contribution in [2.75, 3.05) is 4.90 Å². The van der Waals surface area contributed by atoms with Gasteiger partial charge in [0.05, 0.1) is 5.69 Å². The monoisotopic (exact) mass is 419 g/mol. The second-order valence-electron chi connectivity index (χ2n) is 7.62. The second-order valence-corrected chi connectivity index (χ2v) is 8.05. The average molecular weight is 420 g/mol. The van der Waals surface area contributed by atoms with Gasteiger partial charge >= 0.3 is 6.03 Å². The zero-order valence-electron chi connectivity index (χ0n) is 17.3. The van der Waals surface area contributed by atoms with Gasteiger partial charge in [0.25, 0.3) is 5.91 Å². The summed E-state index contributed by atoms with van der Waals surface area (Å²) in [4.78, 5) is 26.5. The SMILES string of the molecule is Cc1cc(C)cc(-n2c(C)cc(/C=C3/NC(=O)N(c4cccc(Cl)c4)C3=O)c2C)c1. The molecule has 0 saturated carbocycles. The standard InChI is InChI=1S/C24H22ClN3O2/c1-14-8-15(2)10-21(9-14)27-16(3)11-18(17(27)4)12-22-23(29)28(24(30)26-22)20-7-5-6-19(25)13-20/h5-13H,1-4H3,(H,26,30)/b22-12+. The number of halogens is 1. The molecule has 0 atom stereocenters. The first-order valence-corrected chi connectivity index (χ1v) is 10.0. The Kier molecular flexibility index (Phi) is 5.00. The summed E-state index contributed by atoms with van der Waals surface area (Å²) >= 11 is 6.02. The van der Waals surface area contributed by atoms with Gasteiger partial charge in [-0.1, -0.05) is 23.7 Å². The van der Waals surface area contributed by atoms with Crippen molar-refractivity contribution in [2.45, 2.75) is 27.7 Å². The van der Waals surface area contributed by atoms with Crippen LogP contribution in [0.5, 0.6) is 0 Å². The summed E-state index contributed by atoms with van der Waals surface area (Å²) in [6.07, 6.45) is 1.73. The predicted molar refractivity (Wildman–Crippen MR) is 120 cm³/mol. The number of imide groups is 1. The summed E-state index contributed by atoms with van der Waals surface area (Å²) in [6, 6.07) is 14.6. The maximum Gasteiger partial charge on any atom is 0.333 e. The molecule has 5 nitrogen and oxygen atoms in total. The number of rotatable bonds is 3. The van der Waals surface area contributed by atoms with Gasteiger partial charge < -0.3 is 9.88 Å². The summed E-state index contributed by atoms with van der Waals surface area (Å²) in [7, 11) is 0. The molecule has 1 aromatic heterocycles. The molecule has 152 valence electrons. The fourth-order valence-corrected chi connectivity index (χ4v) is 4.14. The highest BCUT2D eigenvalue weighted by molar-refractivity contribution is 6.32. The van der Waals surface area contributed by atoms with Crippen LogP contribution in [0.25, 0.3) is 11.8 Å². The molecule has 1 aliphatic rings. The first-order chi connectivity index (χ1) is 14.2. The van der Waals surface area contributed by atoms with Crippen molar-refractivity contribution in [3.63, 3.8) is 0 Å². The molecule has 1 N–H and O–H groups in total. The van der Waals surface area contributed by atoms with Crippen LogP contribution in [0, 0.1) is 27.7 Å². The van der Waals surface area contributed by atoms with Crippen molar-refractivity contribution in [1.29, 1.82) is 0 Å². The lowest BCUT2D eigenvalue weighted by molar-refractivity contribution is -0.113. The summed E-state index contributed by atoms with van der Waals surface area (Å²) in [5.41, 5.74) is 7.05. The molecule has 4 rings (SSSR count). The van der Waals surface area contributed by atoms with Gasteiger partial charge in [0.15, 0.2) is 0 Å². The van der Waals surface area contributed by atoms with Crippen LogP contribution in [0.15, 0.2) is 54.2 Å². The van der Waals surface area contributed by atoms with Crippen molar-refractivity contribution >= 4 is 35.3 Å². The van der Waals surface area contributed by atoms with Gasteiger partial charge in [-0.15, -0.1) is 0 Å². The van der Waals surface area contributed by atoms with Crippen LogP contribution < -0.4 is 10.2 Å². The normalized spacial score (nSPS) is 15.2. The first-order valence-electron chi connectivity index (χ1n) is 9.65. The molecule has 0 radical (unpaired) electrons. The zero-order chi connectivity index (χ0) is 21.6. The Balaban J connectivity index is 1.72. The maximum absolute atomic E-state index is 12.9. The highest BCUT2D eigenvalue weighted by Gasteiger charge is 2.35. The smallest absolute Gasteiger partial charge is 0.318 e. The van der Waals surface area contributed by atoms with Crippen molar-refractivity contribution in [2.24, 2.45) is 0 Å². The number of hydrogen-bond donors (Lipinski definition) is 1. The van der Waals surface area contributed by atoms with E-state index in [0.29, 0.717) is 10.7 Å². The van der Waals surface area contributed by atoms with Crippen molar-refractivity contribution in [3.8, 4) is 5.69 Å². The Morgan fingerprint density at radius 3 is 2.27 bits per heavy atom. The Morgan fingerprint density at radius 1 is 0.900 bits per heavy atom. The van der Waals surface area contributed by atoms with Crippen LogP contribution in [0.1, 0.15) is 28.1 Å². The van der Waals surface area contributed by atoms with Crippen LogP contribution in [-0.4, -0.2) is 16.5 Å². The van der Waals surface area contributed by atoms with E-state index >= 15 is 0 Å². The molecule has 1 saturated heterocycles. The van der Waals surface area contributed by atoms with E-state index in [4.69, 9.17) is 11.6 Å². The van der Waals surface area contributed by atoms with Crippen molar-refractivity contribution in [1.82, 2.24) is 9.88 Å². The fourth-order valence-electron chi connectivity index (χ4n) is 3.95. The van der Waals surface area contributed by atoms with Crippen LogP contribution in [0.4, 0.5) is 10.5 Å². The molecular formula is C24H22ClN3O2. The first kappa shape index (κ1) is 20.0. The summed E-state index contributed by atoms with van der Waals surface area (Å²) in [5, 5.41) is 3.14. The largest absolute Gasteiger partial charge is 0.333 e. The topological polar surface area (TPSA) is 54.3 Å². The molecule has 2 aromatic carbocycles. The molecule has 0 spiro atoms. The second kappa shape index (κ2) is 7.50. The number of hydrogen-bond acceptors (Lipinski definition) is 2. The van der Waals surface area contributed by atoms with Gasteiger partial charge in [-0.2, -0.15) is 0 Å². The number of aromatic nitrogens is 1. The number of amides is 3. The van der Waals surface area contributed by atoms with Crippen LogP contribution >= 0.6 is 11.6 Å². The summed E-state index contributed by atoms with van der Waals surface area (Å²) < 4.78 is 2.16. The molecule has 0 bridgehead atoms. The number of carbonyl (C=O) groups is 2. The van der Waals surface area contributed by atoms with Crippen molar-refractivity contribution < 1.29 is 9.59 Å². The molecule has 0 aliphatic carbocycles. The third-order valence-corrected chi connectivity index (χ3v) is 5.41. The highest BCUT2D eigenvalue weighted by Crippen LogP contribution is 2.27. The number of nitrogens with zero attached hydrogens (tertiary/aromatic N) is 2. The Labute approximate surface area is 180 Å². The van der Waals surface area contributed by atoms with Crippen LogP contribution in [-0.2, 0) is 4.79 Å². The van der Waals surface area contributed by atoms with Gasteiger partial charge in [-0.05, 0) is 86.9 Å². The van der Waals surface area contributed by atoms with E-state index in [1.165, 1.54) is 11.1 Å². The Bertz CT molecular complexity index is 1200. The molecule has 6 heteroatoms. The Hall–Kier alpha value is -3.31. The van der Waals surface area contributed by atoms with E-state index in [0.717, 1.165) is 27.5 Å². The van der Waals surface area contributed by atoms with E-state index in [1.54, 1.807) is 30.3 Å². The molecule has 1 fully saturated rings. The van der Waals surface area contributed by atoms with Gasteiger partial charge in [-0.25, -0.2) is 9.69 Å². The Morgan fingerprint density at radius 2 is 1.60 bits per heavy atom. The minimum Gasteiger partial charge on any atom is -0.318 e. The van der Waals surface area contributed by atoms with E-state index in [2.05, 4.69) is 41.9 Å². The number of anilines is 1. The lowest BCUT2D eigenvalue weighted by Gasteiger charge is -2.12. The average Bonchev–Trinajstić information content (AvgIpc) is 3.09. The number of nitrogens with one attached hydrogen (secondary N) is 1. The lowest BCUT2D eigenvalue weighted by atomic mass is 10.1. The molecule has 2 heterocycles. The lowest BCUT2D eigenvalue weighted by Crippen LogP contribution is -2.30. The van der Waals surface area contributed by atoms with Gasteiger partial charge in [-0.3, -0.25) is 4.79 Å². The minimum absolute atomic E-state index is 0.237. The molecule has 3 aromatic rings. The molecule has 30 heavy (non-hydrogen) atoms. The molecular weight excluding hydrogens is 398 g/mol. The zero-order valence-corrected chi connectivity index (χ0v) is 18.0. The van der Waals surface area contributed by atoms with E-state index in [9.17, 15) is 9.59 Å². The highest BCUT2D eigenvalue weighted by atomic mass is 35.5. The van der Waals surface area contributed by atoms with Gasteiger partial charge in [0, 0.05) is 22.1 Å². The summed E-state index contributed by atoms with van der Waals surface area (Å²) in [6.45, 7) is 8.18. The summed E-state index contributed by atoms with van der Waals surface area (Å²) in [5.74, 6) is -0.404. The quantitative estimate of drug-likeness (QED) is 0.452. The van der Waals surface area contributed by atoms with Crippen LogP contribution in [0.3, 0.4) is 0 Å². The van der Waals surface area contributed by atoms with Gasteiger partial charge in [0.2, 0.25) is 0 Å². The third kappa shape index (κ3) is 3.53. The van der Waals surface area contributed by atoms with Crippen LogP contribution in [0.2, 0.25) is 5.02 Å². The van der Waals surface area contributed by atoms with Crippen molar-refractivity contribution in [3.05, 3.63) is 87.3 Å². The third-order valence-electron chi connectivity index (χ3n) is 5.18. The molecule has 1 aliphatic heterocycles. The maximum atomic E-state index is 12.9.